The van der Waals surface area contributed by atoms with E-state index in [1.807, 2.05) is 24.3 Å². The first-order valence-corrected chi connectivity index (χ1v) is 9.40. The molecule has 0 radical (unpaired) electrons. The molecule has 4 nitrogen and oxygen atoms in total. The lowest BCUT2D eigenvalue weighted by Crippen LogP contribution is -2.13. The summed E-state index contributed by atoms with van der Waals surface area (Å²) in [4.78, 5) is 12.0. The fourth-order valence-corrected chi connectivity index (χ4v) is 3.87. The van der Waals surface area contributed by atoms with Gasteiger partial charge >= 0.3 is 0 Å². The number of nitrogens with one attached hydrogen (secondary N) is 1. The van der Waals surface area contributed by atoms with Gasteiger partial charge < -0.3 is 5.73 Å². The summed E-state index contributed by atoms with van der Waals surface area (Å²) in [6.07, 6.45) is 12.8. The number of nitrogens with two attached hydrogens (primary N) is 1. The van der Waals surface area contributed by atoms with Crippen molar-refractivity contribution >= 4 is 16.3 Å². The standard InChI is InChI=1S/C22H27N3O/c1-3-15(17-8-6-5-7-9-17)12-16(4-2)18-10-11-19-20(13-18)21(14-23)24-25-22(19)26/h3-4,10-13,17H,2,5-9,14,23H2,1H3,(H,25,26)/b15-3+,16-12+. The van der Waals surface area contributed by atoms with Gasteiger partial charge in [0.25, 0.3) is 5.56 Å². The summed E-state index contributed by atoms with van der Waals surface area (Å²) < 4.78 is 0. The third kappa shape index (κ3) is 3.70. The van der Waals surface area contributed by atoms with Crippen LogP contribution in [0.25, 0.3) is 16.3 Å². The first-order valence-electron chi connectivity index (χ1n) is 9.40. The molecule has 0 amide bonds. The molecule has 0 unspecified atom stereocenters. The van der Waals surface area contributed by atoms with E-state index >= 15 is 0 Å². The number of hydrogen-bond acceptors (Lipinski definition) is 3. The third-order valence-corrected chi connectivity index (χ3v) is 5.35. The lowest BCUT2D eigenvalue weighted by molar-refractivity contribution is 0.408. The summed E-state index contributed by atoms with van der Waals surface area (Å²) in [5.41, 5.74) is 9.78. The van der Waals surface area contributed by atoms with Crippen LogP contribution in [-0.2, 0) is 6.54 Å². The van der Waals surface area contributed by atoms with Crippen molar-refractivity contribution in [1.29, 1.82) is 0 Å². The minimum absolute atomic E-state index is 0.191. The molecule has 1 saturated carbocycles. The van der Waals surface area contributed by atoms with Gasteiger partial charge in [0.1, 0.15) is 0 Å². The summed E-state index contributed by atoms with van der Waals surface area (Å²) in [5.74, 6) is 0.633. The molecule has 1 aliphatic rings. The Labute approximate surface area is 154 Å². The summed E-state index contributed by atoms with van der Waals surface area (Å²) in [7, 11) is 0. The molecule has 1 aliphatic carbocycles. The second-order valence-electron chi connectivity index (χ2n) is 6.89. The Kier molecular flexibility index (Phi) is 5.84. The van der Waals surface area contributed by atoms with Crippen molar-refractivity contribution in [2.75, 3.05) is 0 Å². The van der Waals surface area contributed by atoms with Gasteiger partial charge in [0.05, 0.1) is 11.1 Å². The number of nitrogens with zero attached hydrogens (tertiary/aromatic N) is 1. The molecule has 3 N–H and O–H groups in total. The topological polar surface area (TPSA) is 71.8 Å². The van der Waals surface area contributed by atoms with Crippen LogP contribution in [0.1, 0.15) is 50.3 Å². The minimum atomic E-state index is -0.191. The lowest BCUT2D eigenvalue weighted by Gasteiger charge is -2.23. The summed E-state index contributed by atoms with van der Waals surface area (Å²) in [6, 6.07) is 5.82. The van der Waals surface area contributed by atoms with Crippen LogP contribution in [0.2, 0.25) is 0 Å². The molecule has 3 rings (SSSR count). The molecule has 0 atom stereocenters. The van der Waals surface area contributed by atoms with Crippen LogP contribution in [-0.4, -0.2) is 10.2 Å². The Morgan fingerprint density at radius 1 is 1.31 bits per heavy atom. The average Bonchev–Trinajstić information content (AvgIpc) is 2.70. The van der Waals surface area contributed by atoms with Crippen LogP contribution >= 0.6 is 0 Å². The van der Waals surface area contributed by atoms with Gasteiger partial charge in [-0.15, -0.1) is 0 Å². The van der Waals surface area contributed by atoms with Gasteiger partial charge in [-0.3, -0.25) is 4.79 Å². The van der Waals surface area contributed by atoms with Gasteiger partial charge in [-0.2, -0.15) is 5.10 Å². The highest BCUT2D eigenvalue weighted by atomic mass is 16.1. The first kappa shape index (κ1) is 18.3. The van der Waals surface area contributed by atoms with Crippen molar-refractivity contribution < 1.29 is 0 Å². The average molecular weight is 349 g/mol. The molecule has 1 heterocycles. The molecule has 1 aromatic carbocycles. The number of aromatic nitrogens is 2. The molecule has 26 heavy (non-hydrogen) atoms. The highest BCUT2D eigenvalue weighted by molar-refractivity contribution is 5.89. The van der Waals surface area contributed by atoms with Gasteiger partial charge in [0, 0.05) is 11.9 Å². The van der Waals surface area contributed by atoms with Crippen LogP contribution in [0.4, 0.5) is 0 Å². The van der Waals surface area contributed by atoms with E-state index < -0.39 is 0 Å². The smallest absolute Gasteiger partial charge is 0.272 e. The van der Waals surface area contributed by atoms with E-state index in [0.29, 0.717) is 17.0 Å². The number of H-pyrrole nitrogens is 1. The van der Waals surface area contributed by atoms with Crippen LogP contribution in [0, 0.1) is 5.92 Å². The zero-order valence-corrected chi connectivity index (χ0v) is 15.4. The molecule has 4 heteroatoms. The van der Waals surface area contributed by atoms with Gasteiger partial charge in [0.2, 0.25) is 0 Å². The zero-order valence-electron chi connectivity index (χ0n) is 15.4. The van der Waals surface area contributed by atoms with Crippen LogP contribution < -0.4 is 11.3 Å². The first-order chi connectivity index (χ1) is 12.7. The monoisotopic (exact) mass is 349 g/mol. The van der Waals surface area contributed by atoms with E-state index in [1.165, 1.54) is 37.7 Å². The SMILES string of the molecule is C=C/C(=C\C(=C/C)C1CCCCC1)c1ccc2c(=O)[nH]nc(CN)c2c1. The fraction of sp³-hybridized carbons (Fsp3) is 0.364. The number of aromatic amines is 1. The highest BCUT2D eigenvalue weighted by Crippen LogP contribution is 2.32. The lowest BCUT2D eigenvalue weighted by atomic mass is 9.82. The van der Waals surface area contributed by atoms with Crippen molar-refractivity contribution in [2.24, 2.45) is 11.7 Å². The molecule has 0 spiro atoms. The zero-order chi connectivity index (χ0) is 18.5. The summed E-state index contributed by atoms with van der Waals surface area (Å²) >= 11 is 0. The molecule has 0 bridgehead atoms. The van der Waals surface area contributed by atoms with Crippen molar-refractivity contribution in [3.63, 3.8) is 0 Å². The molecule has 1 aromatic heterocycles. The maximum atomic E-state index is 12.0. The van der Waals surface area contributed by atoms with Crippen molar-refractivity contribution in [1.82, 2.24) is 10.2 Å². The molecule has 1 fully saturated rings. The Morgan fingerprint density at radius 2 is 2.08 bits per heavy atom. The molecule has 136 valence electrons. The normalized spacial score (nSPS) is 16.8. The van der Waals surface area contributed by atoms with E-state index in [-0.39, 0.29) is 12.1 Å². The van der Waals surface area contributed by atoms with Gasteiger partial charge in [-0.1, -0.05) is 50.1 Å². The number of rotatable bonds is 5. The van der Waals surface area contributed by atoms with Gasteiger partial charge in [-0.25, -0.2) is 5.10 Å². The second kappa shape index (κ2) is 8.28. The number of fused-ring (bicyclic) bond motifs is 1. The van der Waals surface area contributed by atoms with Crippen LogP contribution in [0.3, 0.4) is 0 Å². The van der Waals surface area contributed by atoms with Crippen molar-refractivity contribution in [2.45, 2.75) is 45.6 Å². The van der Waals surface area contributed by atoms with Gasteiger partial charge in [-0.05, 0) is 54.5 Å². The maximum absolute atomic E-state index is 12.0. The number of benzene rings is 1. The highest BCUT2D eigenvalue weighted by Gasteiger charge is 2.16. The Balaban J connectivity index is 2.04. The second-order valence-corrected chi connectivity index (χ2v) is 6.89. The minimum Gasteiger partial charge on any atom is -0.325 e. The molecule has 0 aliphatic heterocycles. The van der Waals surface area contributed by atoms with Crippen LogP contribution in [0.5, 0.6) is 0 Å². The van der Waals surface area contributed by atoms with E-state index in [4.69, 9.17) is 5.73 Å². The fourth-order valence-electron chi connectivity index (χ4n) is 3.87. The number of hydrogen-bond donors (Lipinski definition) is 2. The molecular formula is C22H27N3O. The van der Waals surface area contributed by atoms with E-state index in [2.05, 4.69) is 35.9 Å². The number of allylic oxidation sites excluding steroid dienone is 5. The summed E-state index contributed by atoms with van der Waals surface area (Å²) in [5, 5.41) is 8.02. The van der Waals surface area contributed by atoms with E-state index in [0.717, 1.165) is 16.5 Å². The quantitative estimate of drug-likeness (QED) is 0.782. The largest absolute Gasteiger partial charge is 0.325 e. The van der Waals surface area contributed by atoms with E-state index in [9.17, 15) is 4.79 Å². The third-order valence-electron chi connectivity index (χ3n) is 5.35. The Morgan fingerprint density at radius 3 is 2.73 bits per heavy atom. The molecular weight excluding hydrogens is 322 g/mol. The maximum Gasteiger partial charge on any atom is 0.272 e. The predicted octanol–water partition coefficient (Wildman–Crippen LogP) is 4.48. The van der Waals surface area contributed by atoms with Crippen molar-refractivity contribution in [3.05, 3.63) is 70.2 Å². The van der Waals surface area contributed by atoms with Crippen LogP contribution in [0.15, 0.2) is 53.4 Å². The molecule has 0 saturated heterocycles. The Hall–Kier alpha value is -2.46. The van der Waals surface area contributed by atoms with Crippen molar-refractivity contribution in [3.8, 4) is 0 Å². The summed E-state index contributed by atoms with van der Waals surface area (Å²) in [6.45, 7) is 6.40. The molecule has 2 aromatic rings. The van der Waals surface area contributed by atoms with Gasteiger partial charge in [0.15, 0.2) is 0 Å². The Bertz CT molecular complexity index is 915. The predicted molar refractivity (Wildman–Crippen MR) is 109 cm³/mol. The van der Waals surface area contributed by atoms with E-state index in [1.54, 1.807) is 0 Å².